The highest BCUT2D eigenvalue weighted by Gasteiger charge is 2.33. The maximum absolute atomic E-state index is 5.86. The van der Waals surface area contributed by atoms with Gasteiger partial charge in [-0.1, -0.05) is 12.5 Å². The minimum Gasteiger partial charge on any atom is -0.493 e. The molecule has 0 saturated carbocycles. The van der Waals surface area contributed by atoms with Crippen LogP contribution in [0, 0.1) is 0 Å². The molecule has 0 aliphatic carbocycles. The molecule has 0 radical (unpaired) electrons. The number of fused-ring (bicyclic) bond motifs is 1. The maximum atomic E-state index is 5.86. The minimum absolute atomic E-state index is 0.557. The van der Waals surface area contributed by atoms with E-state index in [2.05, 4.69) is 23.1 Å². The number of rotatable bonds is 7. The van der Waals surface area contributed by atoms with Gasteiger partial charge >= 0.3 is 0 Å². The van der Waals surface area contributed by atoms with Crippen molar-refractivity contribution in [1.29, 1.82) is 0 Å². The predicted molar refractivity (Wildman–Crippen MR) is 126 cm³/mol. The Bertz CT molecular complexity index is 1000. The number of hydrogen-bond donors (Lipinski definition) is 0. The van der Waals surface area contributed by atoms with Gasteiger partial charge in [0, 0.05) is 18.2 Å². The van der Waals surface area contributed by atoms with Crippen LogP contribution in [0.4, 0.5) is 0 Å². The summed E-state index contributed by atoms with van der Waals surface area (Å²) < 4.78 is 28.1. The number of ether oxygens (including phenoxy) is 5. The Labute approximate surface area is 190 Å². The zero-order valence-corrected chi connectivity index (χ0v) is 19.7. The number of benzene rings is 2. The Morgan fingerprint density at radius 2 is 1.44 bits per heavy atom. The predicted octanol–water partition coefficient (Wildman–Crippen LogP) is 4.90. The monoisotopic (exact) mass is 439 g/mol. The second-order valence-electron chi connectivity index (χ2n) is 8.23. The van der Waals surface area contributed by atoms with Gasteiger partial charge < -0.3 is 23.7 Å². The third-order valence-corrected chi connectivity index (χ3v) is 6.68. The van der Waals surface area contributed by atoms with Crippen molar-refractivity contribution < 1.29 is 23.7 Å². The first-order chi connectivity index (χ1) is 15.6. The Balaban J connectivity index is 1.91. The largest absolute Gasteiger partial charge is 0.493 e. The van der Waals surface area contributed by atoms with Crippen LogP contribution in [0.25, 0.3) is 11.1 Å². The molecule has 1 fully saturated rings. The van der Waals surface area contributed by atoms with Crippen LogP contribution in [0.1, 0.15) is 36.8 Å². The number of nitrogens with zero attached hydrogens (tertiary/aromatic N) is 1. The Morgan fingerprint density at radius 3 is 2.12 bits per heavy atom. The van der Waals surface area contributed by atoms with Gasteiger partial charge in [-0.25, -0.2) is 0 Å². The molecule has 0 bridgehead atoms. The van der Waals surface area contributed by atoms with E-state index in [4.69, 9.17) is 23.7 Å². The van der Waals surface area contributed by atoms with Gasteiger partial charge in [0.25, 0.3) is 0 Å². The molecule has 2 aromatic carbocycles. The van der Waals surface area contributed by atoms with Crippen LogP contribution in [-0.4, -0.2) is 59.6 Å². The molecule has 2 aromatic rings. The van der Waals surface area contributed by atoms with Gasteiger partial charge in [-0.05, 0) is 66.8 Å². The summed E-state index contributed by atoms with van der Waals surface area (Å²) in [7, 11) is 8.32. The normalized spacial score (nSPS) is 18.7. The highest BCUT2D eigenvalue weighted by atomic mass is 16.5. The molecular weight excluding hydrogens is 406 g/mol. The summed E-state index contributed by atoms with van der Waals surface area (Å²) in [5, 5.41) is 0. The second-order valence-corrected chi connectivity index (χ2v) is 8.23. The smallest absolute Gasteiger partial charge is 0.203 e. The van der Waals surface area contributed by atoms with Gasteiger partial charge in [0.05, 0.1) is 35.5 Å². The van der Waals surface area contributed by atoms with Crippen molar-refractivity contribution >= 4 is 11.1 Å². The first kappa shape index (κ1) is 22.3. The zero-order chi connectivity index (χ0) is 22.7. The summed E-state index contributed by atoms with van der Waals surface area (Å²) >= 11 is 0. The van der Waals surface area contributed by atoms with Crippen molar-refractivity contribution in [2.75, 3.05) is 48.6 Å². The van der Waals surface area contributed by atoms with E-state index in [9.17, 15) is 0 Å². The van der Waals surface area contributed by atoms with Gasteiger partial charge in [0.1, 0.15) is 0 Å². The van der Waals surface area contributed by atoms with Crippen LogP contribution in [0.2, 0.25) is 0 Å². The summed E-state index contributed by atoms with van der Waals surface area (Å²) in [6.07, 6.45) is 4.75. The second kappa shape index (κ2) is 9.74. The SMILES string of the molecule is COc1ccc(C2=C(c3ccc(OC)c(OC)c3OC)CN3CCCCC3C2)cc1OC. The minimum atomic E-state index is 0.557. The number of hydrogen-bond acceptors (Lipinski definition) is 6. The molecule has 32 heavy (non-hydrogen) atoms. The van der Waals surface area contributed by atoms with Crippen molar-refractivity contribution in [1.82, 2.24) is 4.90 Å². The van der Waals surface area contributed by atoms with Gasteiger partial charge in [0.2, 0.25) is 5.75 Å². The fraction of sp³-hybridized carbons (Fsp3) is 0.462. The van der Waals surface area contributed by atoms with Gasteiger partial charge in [0.15, 0.2) is 23.0 Å². The van der Waals surface area contributed by atoms with Gasteiger partial charge in [-0.2, -0.15) is 0 Å². The molecule has 2 aliphatic heterocycles. The zero-order valence-electron chi connectivity index (χ0n) is 19.7. The lowest BCUT2D eigenvalue weighted by Gasteiger charge is -2.41. The van der Waals surface area contributed by atoms with Crippen LogP contribution in [0.15, 0.2) is 30.3 Å². The number of piperidine rings is 1. The van der Waals surface area contributed by atoms with Crippen LogP contribution in [0.5, 0.6) is 28.7 Å². The van der Waals surface area contributed by atoms with Crippen LogP contribution >= 0.6 is 0 Å². The quantitative estimate of drug-likeness (QED) is 0.612. The summed E-state index contributed by atoms with van der Waals surface area (Å²) in [5.74, 6) is 3.45. The first-order valence-corrected chi connectivity index (χ1v) is 11.1. The summed E-state index contributed by atoms with van der Waals surface area (Å²) in [5.41, 5.74) is 4.77. The lowest BCUT2D eigenvalue weighted by molar-refractivity contribution is 0.165. The Kier molecular flexibility index (Phi) is 6.80. The van der Waals surface area contributed by atoms with E-state index < -0.39 is 0 Å². The van der Waals surface area contributed by atoms with Crippen molar-refractivity contribution in [2.24, 2.45) is 0 Å². The third-order valence-electron chi connectivity index (χ3n) is 6.68. The third kappa shape index (κ3) is 3.99. The van der Waals surface area contributed by atoms with E-state index in [0.717, 1.165) is 42.1 Å². The lowest BCUT2D eigenvalue weighted by Crippen LogP contribution is -2.43. The maximum Gasteiger partial charge on any atom is 0.203 e. The summed E-state index contributed by atoms with van der Waals surface area (Å²) in [6, 6.07) is 10.8. The van der Waals surface area contributed by atoms with E-state index in [0.29, 0.717) is 23.3 Å². The summed E-state index contributed by atoms with van der Waals surface area (Å²) in [6.45, 7) is 2.00. The molecule has 6 heteroatoms. The fourth-order valence-electron chi connectivity index (χ4n) is 5.06. The molecule has 0 spiro atoms. The molecule has 0 N–H and O–H groups in total. The molecule has 1 atom stereocenters. The van der Waals surface area contributed by atoms with E-state index in [1.54, 1.807) is 35.5 Å². The standard InChI is InChI=1S/C26H33NO5/c1-28-22-11-9-17(14-24(22)30-3)20-15-18-8-6-7-13-27(18)16-21(20)19-10-12-23(29-2)26(32-5)25(19)31-4/h9-12,14,18H,6-8,13,15-16H2,1-5H3. The van der Waals surface area contributed by atoms with E-state index >= 15 is 0 Å². The summed E-state index contributed by atoms with van der Waals surface area (Å²) in [4.78, 5) is 2.61. The molecule has 4 rings (SSSR count). The molecule has 172 valence electrons. The Morgan fingerprint density at radius 1 is 0.719 bits per heavy atom. The average molecular weight is 440 g/mol. The van der Waals surface area contributed by atoms with Crippen molar-refractivity contribution in [2.45, 2.75) is 31.7 Å². The van der Waals surface area contributed by atoms with Crippen molar-refractivity contribution in [3.8, 4) is 28.7 Å². The highest BCUT2D eigenvalue weighted by molar-refractivity contribution is 5.95. The van der Waals surface area contributed by atoms with Gasteiger partial charge in [-0.15, -0.1) is 0 Å². The van der Waals surface area contributed by atoms with Crippen LogP contribution in [-0.2, 0) is 0 Å². The molecule has 0 amide bonds. The van der Waals surface area contributed by atoms with Crippen molar-refractivity contribution in [3.63, 3.8) is 0 Å². The molecule has 1 unspecified atom stereocenters. The molecular formula is C26H33NO5. The van der Waals surface area contributed by atoms with E-state index in [1.807, 2.05) is 12.1 Å². The van der Waals surface area contributed by atoms with E-state index in [1.165, 1.54) is 30.4 Å². The van der Waals surface area contributed by atoms with E-state index in [-0.39, 0.29) is 0 Å². The van der Waals surface area contributed by atoms with Crippen LogP contribution in [0.3, 0.4) is 0 Å². The highest BCUT2D eigenvalue weighted by Crippen LogP contribution is 2.47. The Hall–Kier alpha value is -2.86. The van der Waals surface area contributed by atoms with Gasteiger partial charge in [-0.3, -0.25) is 4.90 Å². The first-order valence-electron chi connectivity index (χ1n) is 11.1. The fourth-order valence-corrected chi connectivity index (χ4v) is 5.06. The molecule has 2 heterocycles. The molecule has 1 saturated heterocycles. The molecule has 6 nitrogen and oxygen atoms in total. The average Bonchev–Trinajstić information content (AvgIpc) is 2.86. The molecule has 0 aromatic heterocycles. The topological polar surface area (TPSA) is 49.4 Å². The molecule has 2 aliphatic rings. The number of methoxy groups -OCH3 is 5. The van der Waals surface area contributed by atoms with Crippen molar-refractivity contribution in [3.05, 3.63) is 41.5 Å². The van der Waals surface area contributed by atoms with Crippen LogP contribution < -0.4 is 23.7 Å². The lowest BCUT2D eigenvalue weighted by atomic mass is 9.82.